The van der Waals surface area contributed by atoms with Crippen molar-refractivity contribution in [3.63, 3.8) is 0 Å². The van der Waals surface area contributed by atoms with E-state index in [2.05, 4.69) is 12.2 Å². The van der Waals surface area contributed by atoms with Crippen LogP contribution in [0.3, 0.4) is 0 Å². The van der Waals surface area contributed by atoms with E-state index in [4.69, 9.17) is 4.74 Å². The number of quaternary nitrogens is 2. The van der Waals surface area contributed by atoms with Gasteiger partial charge < -0.3 is 15.0 Å². The molecule has 0 aromatic carbocycles. The fourth-order valence-electron chi connectivity index (χ4n) is 3.13. The number of nitrogens with one attached hydrogen (secondary N) is 1. The highest BCUT2D eigenvalue weighted by Gasteiger charge is 2.22. The Bertz CT molecular complexity index is 192. The smallest absolute Gasteiger partial charge is 0.127 e. The molecule has 16 heavy (non-hydrogen) atoms. The monoisotopic (exact) mass is 228 g/mol. The lowest BCUT2D eigenvalue weighted by Crippen LogP contribution is -3.16. The van der Waals surface area contributed by atoms with Crippen LogP contribution < -0.4 is 10.2 Å². The summed E-state index contributed by atoms with van der Waals surface area (Å²) in [6.07, 6.45) is 5.80. The molecule has 0 amide bonds. The van der Waals surface area contributed by atoms with Crippen LogP contribution in [0.4, 0.5) is 0 Å². The molecule has 1 heterocycles. The minimum absolute atomic E-state index is 0.921. The molecule has 1 aliphatic carbocycles. The lowest BCUT2D eigenvalue weighted by Gasteiger charge is -2.27. The number of ether oxygens (including phenoxy) is 1. The predicted octanol–water partition coefficient (Wildman–Crippen LogP) is -0.956. The number of hydrogen-bond donors (Lipinski definition) is 2. The Hall–Kier alpha value is -0.120. The van der Waals surface area contributed by atoms with Gasteiger partial charge in [0.2, 0.25) is 0 Å². The van der Waals surface area contributed by atoms with E-state index < -0.39 is 0 Å². The van der Waals surface area contributed by atoms with Crippen LogP contribution in [0.1, 0.15) is 32.6 Å². The highest BCUT2D eigenvalue weighted by atomic mass is 16.5. The van der Waals surface area contributed by atoms with Crippen LogP contribution in [0.2, 0.25) is 0 Å². The van der Waals surface area contributed by atoms with Crippen LogP contribution >= 0.6 is 0 Å². The summed E-state index contributed by atoms with van der Waals surface area (Å²) in [6.45, 7) is 9.42. The Morgan fingerprint density at radius 1 is 1.25 bits per heavy atom. The first kappa shape index (κ1) is 12.3. The third kappa shape index (κ3) is 4.04. The molecule has 0 radical (unpaired) electrons. The first-order valence-corrected chi connectivity index (χ1v) is 7.09. The minimum Gasteiger partial charge on any atom is -0.370 e. The molecule has 2 rings (SSSR count). The summed E-state index contributed by atoms with van der Waals surface area (Å²) in [6, 6.07) is 0.921. The van der Waals surface area contributed by atoms with Crippen LogP contribution in [0, 0.1) is 5.92 Å². The van der Waals surface area contributed by atoms with Gasteiger partial charge >= 0.3 is 0 Å². The summed E-state index contributed by atoms with van der Waals surface area (Å²) < 4.78 is 5.38. The van der Waals surface area contributed by atoms with E-state index in [0.717, 1.165) is 25.2 Å². The summed E-state index contributed by atoms with van der Waals surface area (Å²) in [5.74, 6) is 0.964. The molecule has 1 aliphatic heterocycles. The van der Waals surface area contributed by atoms with E-state index in [9.17, 15) is 0 Å². The Balaban J connectivity index is 1.56. The maximum Gasteiger partial charge on any atom is 0.127 e. The standard InChI is InChI=1S/C13H26N2O/c1-12-3-2-4-13(11-12)14-5-6-15-7-9-16-10-8-15/h12-14H,2-11H2,1H3/p+2/t12-,13-/m0/s1. The molecule has 0 aromatic rings. The Labute approximate surface area is 99.5 Å². The fraction of sp³-hybridized carbons (Fsp3) is 1.00. The molecule has 1 saturated heterocycles. The highest BCUT2D eigenvalue weighted by molar-refractivity contribution is 4.68. The minimum atomic E-state index is 0.921. The van der Waals surface area contributed by atoms with Crippen molar-refractivity contribution in [3.8, 4) is 0 Å². The SMILES string of the molecule is C[C@H]1CCC[C@H]([NH2+]CC[NH+]2CCOCC2)C1. The maximum absolute atomic E-state index is 5.38. The highest BCUT2D eigenvalue weighted by Crippen LogP contribution is 2.21. The third-order valence-electron chi connectivity index (χ3n) is 4.17. The van der Waals surface area contributed by atoms with Crippen molar-refractivity contribution >= 4 is 0 Å². The van der Waals surface area contributed by atoms with Crippen molar-refractivity contribution in [2.24, 2.45) is 5.92 Å². The zero-order valence-corrected chi connectivity index (χ0v) is 10.7. The van der Waals surface area contributed by atoms with Crippen molar-refractivity contribution in [1.82, 2.24) is 0 Å². The summed E-state index contributed by atoms with van der Waals surface area (Å²) in [5, 5.41) is 2.61. The van der Waals surface area contributed by atoms with Gasteiger partial charge in [0.25, 0.3) is 0 Å². The van der Waals surface area contributed by atoms with Crippen LogP contribution in [0.25, 0.3) is 0 Å². The third-order valence-corrected chi connectivity index (χ3v) is 4.17. The first-order valence-electron chi connectivity index (χ1n) is 7.09. The zero-order valence-electron chi connectivity index (χ0n) is 10.7. The molecule has 3 N–H and O–H groups in total. The van der Waals surface area contributed by atoms with Gasteiger partial charge in [-0.3, -0.25) is 0 Å². The van der Waals surface area contributed by atoms with E-state index in [1.54, 1.807) is 4.90 Å². The summed E-state index contributed by atoms with van der Waals surface area (Å²) in [4.78, 5) is 1.74. The molecule has 0 unspecified atom stereocenters. The number of morpholine rings is 1. The van der Waals surface area contributed by atoms with Gasteiger partial charge in [-0.2, -0.15) is 0 Å². The van der Waals surface area contributed by atoms with Gasteiger partial charge in [0, 0.05) is 6.42 Å². The van der Waals surface area contributed by atoms with Crippen LogP contribution in [-0.4, -0.2) is 45.4 Å². The molecule has 2 fully saturated rings. The molecular weight excluding hydrogens is 200 g/mol. The average Bonchev–Trinajstić information content (AvgIpc) is 2.30. The molecule has 2 aliphatic rings. The fourth-order valence-corrected chi connectivity index (χ4v) is 3.13. The van der Waals surface area contributed by atoms with Gasteiger partial charge in [-0.25, -0.2) is 0 Å². The number of nitrogens with two attached hydrogens (primary N) is 1. The zero-order chi connectivity index (χ0) is 11.2. The van der Waals surface area contributed by atoms with Gasteiger partial charge in [-0.05, 0) is 18.8 Å². The normalized spacial score (nSPS) is 32.8. The van der Waals surface area contributed by atoms with Crippen LogP contribution in [0.5, 0.6) is 0 Å². The van der Waals surface area contributed by atoms with Gasteiger partial charge in [0.1, 0.15) is 26.2 Å². The molecule has 3 nitrogen and oxygen atoms in total. The van der Waals surface area contributed by atoms with Crippen molar-refractivity contribution < 1.29 is 15.0 Å². The largest absolute Gasteiger partial charge is 0.370 e. The molecular formula is C13H28N2O+2. The predicted molar refractivity (Wildman–Crippen MR) is 64.6 cm³/mol. The van der Waals surface area contributed by atoms with Crippen molar-refractivity contribution in [1.29, 1.82) is 0 Å². The molecule has 3 heteroatoms. The second-order valence-electron chi connectivity index (χ2n) is 5.67. The van der Waals surface area contributed by atoms with Gasteiger partial charge in [0.05, 0.1) is 19.3 Å². The maximum atomic E-state index is 5.38. The van der Waals surface area contributed by atoms with E-state index in [0.29, 0.717) is 0 Å². The summed E-state index contributed by atoms with van der Waals surface area (Å²) >= 11 is 0. The lowest BCUT2D eigenvalue weighted by molar-refractivity contribution is -0.921. The Morgan fingerprint density at radius 3 is 2.81 bits per heavy atom. The van der Waals surface area contributed by atoms with E-state index in [-0.39, 0.29) is 0 Å². The molecule has 0 aromatic heterocycles. The van der Waals surface area contributed by atoms with Crippen LogP contribution in [-0.2, 0) is 4.74 Å². The Kier molecular flexibility index (Phi) is 5.07. The molecule has 2 atom stereocenters. The molecule has 1 saturated carbocycles. The van der Waals surface area contributed by atoms with Crippen molar-refractivity contribution in [3.05, 3.63) is 0 Å². The van der Waals surface area contributed by atoms with Crippen molar-refractivity contribution in [2.75, 3.05) is 39.4 Å². The number of hydrogen-bond acceptors (Lipinski definition) is 1. The van der Waals surface area contributed by atoms with Gasteiger partial charge in [-0.1, -0.05) is 13.3 Å². The van der Waals surface area contributed by atoms with Gasteiger partial charge in [-0.15, -0.1) is 0 Å². The first-order chi connectivity index (χ1) is 7.84. The lowest BCUT2D eigenvalue weighted by atomic mass is 9.87. The second kappa shape index (κ2) is 6.58. The second-order valence-corrected chi connectivity index (χ2v) is 5.67. The van der Waals surface area contributed by atoms with Crippen molar-refractivity contribution in [2.45, 2.75) is 38.6 Å². The van der Waals surface area contributed by atoms with E-state index >= 15 is 0 Å². The van der Waals surface area contributed by atoms with E-state index in [1.165, 1.54) is 51.9 Å². The summed E-state index contributed by atoms with van der Waals surface area (Å²) in [7, 11) is 0. The van der Waals surface area contributed by atoms with Crippen LogP contribution in [0.15, 0.2) is 0 Å². The summed E-state index contributed by atoms with van der Waals surface area (Å²) in [5.41, 5.74) is 0. The number of rotatable bonds is 4. The topological polar surface area (TPSA) is 30.3 Å². The Morgan fingerprint density at radius 2 is 2.06 bits per heavy atom. The molecule has 0 spiro atoms. The van der Waals surface area contributed by atoms with Gasteiger partial charge in [0.15, 0.2) is 0 Å². The van der Waals surface area contributed by atoms with E-state index in [1.807, 2.05) is 0 Å². The molecule has 94 valence electrons. The quantitative estimate of drug-likeness (QED) is 0.638. The average molecular weight is 228 g/mol. The molecule has 0 bridgehead atoms.